The third-order valence-electron chi connectivity index (χ3n) is 3.74. The summed E-state index contributed by atoms with van der Waals surface area (Å²) in [4.78, 5) is 14.3. The van der Waals surface area contributed by atoms with Crippen molar-refractivity contribution in [2.45, 2.75) is 52.2 Å². The van der Waals surface area contributed by atoms with Gasteiger partial charge in [0.05, 0.1) is 0 Å². The van der Waals surface area contributed by atoms with Gasteiger partial charge in [0.1, 0.15) is 0 Å². The van der Waals surface area contributed by atoms with Gasteiger partial charge in [0, 0.05) is 18.6 Å². The molecule has 1 atom stereocenters. The average molecular weight is 292 g/mol. The molecular formula is C17H28N2O2. The fourth-order valence-electron chi connectivity index (χ4n) is 2.65. The first kappa shape index (κ1) is 17.7. The number of aliphatic carboxylic acids is 1. The smallest absolute Gasteiger partial charge is 0.329 e. The van der Waals surface area contributed by atoms with E-state index in [0.29, 0.717) is 12.6 Å². The molecule has 1 aromatic carbocycles. The molecule has 0 radical (unpaired) electrons. The monoisotopic (exact) mass is 292 g/mol. The van der Waals surface area contributed by atoms with E-state index in [0.717, 1.165) is 12.1 Å². The highest BCUT2D eigenvalue weighted by atomic mass is 16.4. The van der Waals surface area contributed by atoms with E-state index < -0.39 is 11.5 Å². The van der Waals surface area contributed by atoms with Crippen LogP contribution in [0.3, 0.4) is 0 Å². The van der Waals surface area contributed by atoms with Crippen LogP contribution < -0.4 is 5.32 Å². The minimum atomic E-state index is -1.09. The normalized spacial score (nSPS) is 14.7. The van der Waals surface area contributed by atoms with Gasteiger partial charge in [0.15, 0.2) is 5.54 Å². The number of carboxylic acid groups (broad SMARTS) is 1. The predicted molar refractivity (Wildman–Crippen MR) is 86.4 cm³/mol. The molecule has 21 heavy (non-hydrogen) atoms. The maximum absolute atomic E-state index is 12.1. The maximum Gasteiger partial charge on any atom is 0.329 e. The van der Waals surface area contributed by atoms with Gasteiger partial charge in [-0.05, 0) is 39.8 Å². The lowest BCUT2D eigenvalue weighted by atomic mass is 9.88. The van der Waals surface area contributed by atoms with Gasteiger partial charge in [-0.15, -0.1) is 0 Å². The second-order valence-electron chi connectivity index (χ2n) is 6.03. The van der Waals surface area contributed by atoms with Crippen LogP contribution in [0.5, 0.6) is 0 Å². The molecule has 0 bridgehead atoms. The topological polar surface area (TPSA) is 52.6 Å². The molecule has 4 nitrogen and oxygen atoms in total. The molecule has 118 valence electrons. The van der Waals surface area contributed by atoms with Crippen molar-refractivity contribution in [2.24, 2.45) is 0 Å². The molecule has 0 aliphatic rings. The summed E-state index contributed by atoms with van der Waals surface area (Å²) in [5.41, 5.74) is -0.291. The van der Waals surface area contributed by atoms with E-state index in [-0.39, 0.29) is 6.04 Å². The fourth-order valence-corrected chi connectivity index (χ4v) is 2.65. The number of rotatable bonds is 8. The summed E-state index contributed by atoms with van der Waals surface area (Å²) >= 11 is 0. The van der Waals surface area contributed by atoms with Crippen molar-refractivity contribution in [1.29, 1.82) is 0 Å². The van der Waals surface area contributed by atoms with Crippen molar-refractivity contribution in [3.63, 3.8) is 0 Å². The van der Waals surface area contributed by atoms with Gasteiger partial charge in [-0.2, -0.15) is 0 Å². The molecule has 0 heterocycles. The Bertz CT molecular complexity index is 445. The Balaban J connectivity index is 3.28. The molecule has 0 saturated heterocycles. The number of nitrogens with one attached hydrogen (secondary N) is 1. The third kappa shape index (κ3) is 4.29. The Morgan fingerprint density at radius 1 is 1.24 bits per heavy atom. The van der Waals surface area contributed by atoms with Crippen LogP contribution in [0.15, 0.2) is 30.3 Å². The Labute approximate surface area is 128 Å². The number of likely N-dealkylation sites (N-methyl/N-ethyl adjacent to an activating group) is 1. The predicted octanol–water partition coefficient (Wildman–Crippen LogP) is 2.69. The van der Waals surface area contributed by atoms with E-state index in [1.165, 1.54) is 0 Å². The molecule has 4 heteroatoms. The third-order valence-corrected chi connectivity index (χ3v) is 3.74. The van der Waals surface area contributed by atoms with E-state index in [1.807, 2.05) is 44.2 Å². The van der Waals surface area contributed by atoms with Crippen LogP contribution in [-0.2, 0) is 10.3 Å². The molecule has 0 fully saturated rings. The zero-order valence-electron chi connectivity index (χ0n) is 13.8. The van der Waals surface area contributed by atoms with Gasteiger partial charge in [0.2, 0.25) is 0 Å². The lowest BCUT2D eigenvalue weighted by Gasteiger charge is -2.39. The SMILES string of the molecule is CCN(CC(NC(C)C)(C(=O)O)c1ccccc1)C(C)C. The first-order valence-corrected chi connectivity index (χ1v) is 7.64. The van der Waals surface area contributed by atoms with E-state index in [1.54, 1.807) is 0 Å². The van der Waals surface area contributed by atoms with Crippen LogP contribution in [0.25, 0.3) is 0 Å². The van der Waals surface area contributed by atoms with Crippen LogP contribution in [0, 0.1) is 0 Å². The van der Waals surface area contributed by atoms with Gasteiger partial charge in [-0.1, -0.05) is 37.3 Å². The molecule has 1 aromatic rings. The van der Waals surface area contributed by atoms with Gasteiger partial charge >= 0.3 is 5.97 Å². The van der Waals surface area contributed by atoms with Gasteiger partial charge < -0.3 is 5.11 Å². The Kier molecular flexibility index (Phi) is 6.37. The molecule has 0 aliphatic heterocycles. The standard InChI is InChI=1S/C17H28N2O2/c1-6-19(14(4)5)12-17(16(20)21,18-13(2)3)15-10-8-7-9-11-15/h7-11,13-14,18H,6,12H2,1-5H3,(H,20,21). The lowest BCUT2D eigenvalue weighted by Crippen LogP contribution is -2.59. The zero-order valence-corrected chi connectivity index (χ0v) is 13.8. The molecular weight excluding hydrogens is 264 g/mol. The van der Waals surface area contributed by atoms with Gasteiger partial charge in [-0.3, -0.25) is 10.2 Å². The van der Waals surface area contributed by atoms with Crippen molar-refractivity contribution in [2.75, 3.05) is 13.1 Å². The summed E-state index contributed by atoms with van der Waals surface area (Å²) in [5, 5.41) is 13.3. The number of hydrogen-bond donors (Lipinski definition) is 2. The number of carboxylic acids is 1. The van der Waals surface area contributed by atoms with Crippen molar-refractivity contribution in [1.82, 2.24) is 10.2 Å². The Morgan fingerprint density at radius 3 is 2.19 bits per heavy atom. The first-order chi connectivity index (χ1) is 9.83. The molecule has 2 N–H and O–H groups in total. The highest BCUT2D eigenvalue weighted by Gasteiger charge is 2.42. The minimum absolute atomic E-state index is 0.0761. The van der Waals surface area contributed by atoms with Crippen LogP contribution in [0.2, 0.25) is 0 Å². The summed E-state index contributed by atoms with van der Waals surface area (Å²) in [5.74, 6) is -0.832. The first-order valence-electron chi connectivity index (χ1n) is 7.64. The van der Waals surface area contributed by atoms with Crippen molar-refractivity contribution < 1.29 is 9.90 Å². The Hall–Kier alpha value is -1.39. The van der Waals surface area contributed by atoms with Crippen LogP contribution in [0.1, 0.15) is 40.2 Å². The van der Waals surface area contributed by atoms with E-state index in [4.69, 9.17) is 0 Å². The molecule has 0 aliphatic carbocycles. The molecule has 0 amide bonds. The molecule has 0 aromatic heterocycles. The van der Waals surface area contributed by atoms with Crippen molar-refractivity contribution in [3.05, 3.63) is 35.9 Å². The molecule has 0 saturated carbocycles. The van der Waals surface area contributed by atoms with Crippen molar-refractivity contribution >= 4 is 5.97 Å². The molecule has 0 spiro atoms. The maximum atomic E-state index is 12.1. The van der Waals surface area contributed by atoms with E-state index in [2.05, 4.69) is 31.0 Å². The highest BCUT2D eigenvalue weighted by Crippen LogP contribution is 2.25. The second-order valence-corrected chi connectivity index (χ2v) is 6.03. The van der Waals surface area contributed by atoms with Crippen LogP contribution in [0.4, 0.5) is 0 Å². The quantitative estimate of drug-likeness (QED) is 0.773. The summed E-state index contributed by atoms with van der Waals surface area (Å²) in [6.07, 6.45) is 0. The highest BCUT2D eigenvalue weighted by molar-refractivity contribution is 5.81. The van der Waals surface area contributed by atoms with Crippen LogP contribution >= 0.6 is 0 Å². The van der Waals surface area contributed by atoms with Crippen LogP contribution in [-0.4, -0.2) is 41.1 Å². The summed E-state index contributed by atoms with van der Waals surface area (Å²) in [7, 11) is 0. The zero-order chi connectivity index (χ0) is 16.0. The van der Waals surface area contributed by atoms with E-state index >= 15 is 0 Å². The number of benzene rings is 1. The Morgan fingerprint density at radius 2 is 1.81 bits per heavy atom. The number of carbonyl (C=O) groups is 1. The largest absolute Gasteiger partial charge is 0.480 e. The van der Waals surface area contributed by atoms with Crippen molar-refractivity contribution in [3.8, 4) is 0 Å². The average Bonchev–Trinajstić information content (AvgIpc) is 2.43. The van der Waals surface area contributed by atoms with E-state index in [9.17, 15) is 9.90 Å². The summed E-state index contributed by atoms with van der Waals surface area (Å²) in [6, 6.07) is 9.83. The number of nitrogens with zero attached hydrogens (tertiary/aromatic N) is 1. The minimum Gasteiger partial charge on any atom is -0.480 e. The van der Waals surface area contributed by atoms with Gasteiger partial charge in [0.25, 0.3) is 0 Å². The molecule has 1 rings (SSSR count). The lowest BCUT2D eigenvalue weighted by molar-refractivity contribution is -0.147. The summed E-state index contributed by atoms with van der Waals surface area (Å²) in [6.45, 7) is 11.5. The summed E-state index contributed by atoms with van der Waals surface area (Å²) < 4.78 is 0. The fraction of sp³-hybridized carbons (Fsp3) is 0.588. The molecule has 1 unspecified atom stereocenters. The van der Waals surface area contributed by atoms with Gasteiger partial charge in [-0.25, -0.2) is 4.79 Å². The second kappa shape index (κ2) is 7.57. The number of hydrogen-bond acceptors (Lipinski definition) is 3.